The lowest BCUT2D eigenvalue weighted by molar-refractivity contribution is 0.0743. The minimum atomic E-state index is 0.120. The molecule has 104 valence electrons. The van der Waals surface area contributed by atoms with E-state index >= 15 is 0 Å². The van der Waals surface area contributed by atoms with Crippen LogP contribution in [0.5, 0.6) is 0 Å². The van der Waals surface area contributed by atoms with Gasteiger partial charge in [-0.1, -0.05) is 13.8 Å². The van der Waals surface area contributed by atoms with Crippen molar-refractivity contribution in [2.45, 2.75) is 36.5 Å². The average Bonchev–Trinajstić information content (AvgIpc) is 2.91. The minimum Gasteiger partial charge on any atom is -0.337 e. The van der Waals surface area contributed by atoms with E-state index in [4.69, 9.17) is 0 Å². The summed E-state index contributed by atoms with van der Waals surface area (Å²) in [4.78, 5) is 15.4. The monoisotopic (exact) mass is 278 g/mol. The number of nitrogens with zero attached hydrogens (tertiary/aromatic N) is 1. The molecule has 19 heavy (non-hydrogen) atoms. The van der Waals surface area contributed by atoms with E-state index in [1.807, 2.05) is 48.0 Å². The van der Waals surface area contributed by atoms with E-state index in [0.717, 1.165) is 25.1 Å². The largest absolute Gasteiger partial charge is 0.337 e. The Labute approximate surface area is 119 Å². The number of nitrogens with one attached hydrogen (secondary N) is 1. The van der Waals surface area contributed by atoms with Crippen LogP contribution in [0, 0.1) is 0 Å². The standard InChI is InChI=1S/C15H22N2OS/c1-11(2)19-14-6-4-12(5-7-14)15(18)17(3)13-8-9-16-10-13/h4-7,11,13,16H,8-10H2,1-3H3. The quantitative estimate of drug-likeness (QED) is 0.859. The number of likely N-dealkylation sites (N-methyl/N-ethyl adjacent to an activating group) is 1. The maximum atomic E-state index is 12.4. The second-order valence-corrected chi connectivity index (χ2v) is 6.90. The summed E-state index contributed by atoms with van der Waals surface area (Å²) in [6, 6.07) is 8.28. The Hall–Kier alpha value is -1.00. The van der Waals surface area contributed by atoms with Gasteiger partial charge >= 0.3 is 0 Å². The predicted octanol–water partition coefficient (Wildman–Crippen LogP) is 2.62. The van der Waals surface area contributed by atoms with Crippen molar-refractivity contribution in [2.75, 3.05) is 20.1 Å². The summed E-state index contributed by atoms with van der Waals surface area (Å²) in [6.07, 6.45) is 1.05. The van der Waals surface area contributed by atoms with Gasteiger partial charge in [-0.3, -0.25) is 4.79 Å². The molecule has 4 heteroatoms. The van der Waals surface area contributed by atoms with E-state index in [1.165, 1.54) is 4.90 Å². The van der Waals surface area contributed by atoms with Crippen LogP contribution < -0.4 is 5.32 Å². The molecule has 2 rings (SSSR count). The lowest BCUT2D eigenvalue weighted by atomic mass is 10.1. The summed E-state index contributed by atoms with van der Waals surface area (Å²) in [5.41, 5.74) is 0.780. The van der Waals surface area contributed by atoms with Crippen LogP contribution in [0.3, 0.4) is 0 Å². The molecule has 1 amide bonds. The minimum absolute atomic E-state index is 0.120. The summed E-state index contributed by atoms with van der Waals surface area (Å²) >= 11 is 1.82. The molecule has 0 radical (unpaired) electrons. The number of amides is 1. The molecular weight excluding hydrogens is 256 g/mol. The summed E-state index contributed by atoms with van der Waals surface area (Å²) in [6.45, 7) is 6.25. The highest BCUT2D eigenvalue weighted by atomic mass is 32.2. The van der Waals surface area contributed by atoms with E-state index in [9.17, 15) is 4.79 Å². The molecule has 1 aromatic rings. The zero-order valence-electron chi connectivity index (χ0n) is 11.8. The molecule has 0 saturated carbocycles. The van der Waals surface area contributed by atoms with Crippen molar-refractivity contribution < 1.29 is 4.79 Å². The number of carbonyl (C=O) groups is 1. The molecule has 1 heterocycles. The van der Waals surface area contributed by atoms with Crippen molar-refractivity contribution in [1.82, 2.24) is 10.2 Å². The van der Waals surface area contributed by atoms with Gasteiger partial charge in [0.1, 0.15) is 0 Å². The van der Waals surface area contributed by atoms with Gasteiger partial charge in [0.15, 0.2) is 0 Å². The van der Waals surface area contributed by atoms with Gasteiger partial charge < -0.3 is 10.2 Å². The van der Waals surface area contributed by atoms with Crippen molar-refractivity contribution >= 4 is 17.7 Å². The Morgan fingerprint density at radius 3 is 2.58 bits per heavy atom. The zero-order valence-corrected chi connectivity index (χ0v) is 12.7. The Balaban J connectivity index is 2.02. The zero-order chi connectivity index (χ0) is 13.8. The van der Waals surface area contributed by atoms with E-state index in [1.54, 1.807) is 0 Å². The van der Waals surface area contributed by atoms with Crippen molar-refractivity contribution in [1.29, 1.82) is 0 Å². The Bertz CT molecular complexity index is 424. The maximum absolute atomic E-state index is 12.4. The number of benzene rings is 1. The lowest BCUT2D eigenvalue weighted by Crippen LogP contribution is -2.38. The first kappa shape index (κ1) is 14.4. The summed E-state index contributed by atoms with van der Waals surface area (Å²) in [5.74, 6) is 0.120. The number of hydrogen-bond donors (Lipinski definition) is 1. The molecule has 0 aliphatic carbocycles. The number of carbonyl (C=O) groups excluding carboxylic acids is 1. The number of thioether (sulfide) groups is 1. The summed E-state index contributed by atoms with van der Waals surface area (Å²) < 4.78 is 0. The third kappa shape index (κ3) is 3.74. The van der Waals surface area contributed by atoms with E-state index in [2.05, 4.69) is 19.2 Å². The van der Waals surface area contributed by atoms with Crippen LogP contribution >= 0.6 is 11.8 Å². The molecule has 0 aromatic heterocycles. The molecule has 1 saturated heterocycles. The lowest BCUT2D eigenvalue weighted by Gasteiger charge is -2.23. The van der Waals surface area contributed by atoms with Gasteiger partial charge in [0.05, 0.1) is 0 Å². The van der Waals surface area contributed by atoms with Gasteiger partial charge in [0.2, 0.25) is 0 Å². The van der Waals surface area contributed by atoms with E-state index < -0.39 is 0 Å². The molecule has 1 aromatic carbocycles. The molecule has 1 aliphatic rings. The maximum Gasteiger partial charge on any atom is 0.253 e. The third-order valence-electron chi connectivity index (χ3n) is 3.38. The van der Waals surface area contributed by atoms with Crippen molar-refractivity contribution in [3.63, 3.8) is 0 Å². The van der Waals surface area contributed by atoms with Crippen LogP contribution in [0.15, 0.2) is 29.2 Å². The van der Waals surface area contributed by atoms with Crippen LogP contribution in [0.4, 0.5) is 0 Å². The predicted molar refractivity (Wildman–Crippen MR) is 80.8 cm³/mol. The summed E-state index contributed by atoms with van der Waals surface area (Å²) in [5, 5.41) is 3.86. The fourth-order valence-corrected chi connectivity index (χ4v) is 3.13. The first-order valence-electron chi connectivity index (χ1n) is 6.82. The summed E-state index contributed by atoms with van der Waals surface area (Å²) in [7, 11) is 1.90. The molecule has 1 fully saturated rings. The molecule has 0 bridgehead atoms. The number of hydrogen-bond acceptors (Lipinski definition) is 3. The molecule has 1 aliphatic heterocycles. The van der Waals surface area contributed by atoms with Gasteiger partial charge in [-0.05, 0) is 37.2 Å². The highest BCUT2D eigenvalue weighted by Crippen LogP contribution is 2.23. The van der Waals surface area contributed by atoms with E-state index in [-0.39, 0.29) is 5.91 Å². The van der Waals surface area contributed by atoms with Crippen molar-refractivity contribution in [2.24, 2.45) is 0 Å². The Morgan fingerprint density at radius 1 is 1.37 bits per heavy atom. The van der Waals surface area contributed by atoms with Gasteiger partial charge in [0, 0.05) is 35.3 Å². The molecule has 0 spiro atoms. The van der Waals surface area contributed by atoms with Crippen molar-refractivity contribution in [3.05, 3.63) is 29.8 Å². The average molecular weight is 278 g/mol. The highest BCUT2D eigenvalue weighted by Gasteiger charge is 2.23. The fraction of sp³-hybridized carbons (Fsp3) is 0.533. The molecule has 1 N–H and O–H groups in total. The van der Waals surface area contributed by atoms with Gasteiger partial charge in [-0.2, -0.15) is 0 Å². The topological polar surface area (TPSA) is 32.3 Å². The van der Waals surface area contributed by atoms with Crippen LogP contribution in [0.2, 0.25) is 0 Å². The second kappa shape index (κ2) is 6.44. The molecular formula is C15H22N2OS. The molecule has 1 atom stereocenters. The molecule has 3 nitrogen and oxygen atoms in total. The van der Waals surface area contributed by atoms with Crippen LogP contribution in [-0.2, 0) is 0 Å². The third-order valence-corrected chi connectivity index (χ3v) is 4.39. The SMILES string of the molecule is CC(C)Sc1ccc(C(=O)N(C)C2CCNC2)cc1. The smallest absolute Gasteiger partial charge is 0.253 e. The Morgan fingerprint density at radius 2 is 2.05 bits per heavy atom. The Kier molecular flexibility index (Phi) is 4.88. The second-order valence-electron chi connectivity index (χ2n) is 5.25. The van der Waals surface area contributed by atoms with Crippen LogP contribution in [-0.4, -0.2) is 42.2 Å². The van der Waals surface area contributed by atoms with Gasteiger partial charge in [-0.25, -0.2) is 0 Å². The first-order valence-corrected chi connectivity index (χ1v) is 7.70. The fourth-order valence-electron chi connectivity index (χ4n) is 2.29. The first-order chi connectivity index (χ1) is 9.08. The van der Waals surface area contributed by atoms with Gasteiger partial charge in [0.25, 0.3) is 5.91 Å². The van der Waals surface area contributed by atoms with Crippen LogP contribution in [0.1, 0.15) is 30.6 Å². The van der Waals surface area contributed by atoms with Crippen molar-refractivity contribution in [3.8, 4) is 0 Å². The van der Waals surface area contributed by atoms with Gasteiger partial charge in [-0.15, -0.1) is 11.8 Å². The van der Waals surface area contributed by atoms with Crippen LogP contribution in [0.25, 0.3) is 0 Å². The number of rotatable bonds is 4. The normalized spacial score (nSPS) is 18.8. The van der Waals surface area contributed by atoms with E-state index in [0.29, 0.717) is 11.3 Å². The molecule has 1 unspecified atom stereocenters. The highest BCUT2D eigenvalue weighted by molar-refractivity contribution is 7.99.